The molecule has 1 atom stereocenters. The zero-order valence-electron chi connectivity index (χ0n) is 13.0. The summed E-state index contributed by atoms with van der Waals surface area (Å²) in [6.07, 6.45) is 1.82. The monoisotopic (exact) mass is 295 g/mol. The van der Waals surface area contributed by atoms with E-state index in [0.717, 1.165) is 35.8 Å². The molecule has 2 aromatic carbocycles. The molecular weight excluding hydrogens is 274 g/mol. The first-order chi connectivity index (χ1) is 10.7. The Hall–Kier alpha value is -2.49. The fraction of sp³-hybridized carbons (Fsp3) is 0.278. The van der Waals surface area contributed by atoms with Crippen LogP contribution in [-0.4, -0.2) is 11.9 Å². The Morgan fingerprint density at radius 2 is 1.91 bits per heavy atom. The van der Waals surface area contributed by atoms with Crippen molar-refractivity contribution >= 4 is 22.9 Å². The van der Waals surface area contributed by atoms with Crippen molar-refractivity contribution in [3.8, 4) is 5.75 Å². The van der Waals surface area contributed by atoms with E-state index in [2.05, 4.69) is 43.4 Å². The Labute approximate surface area is 131 Å². The Bertz CT molecular complexity index is 692. The molecule has 0 saturated carbocycles. The van der Waals surface area contributed by atoms with Gasteiger partial charge in [0, 0.05) is 11.4 Å². The molecule has 0 amide bonds. The maximum Gasteiger partial charge on any atom is 0.156 e. The summed E-state index contributed by atoms with van der Waals surface area (Å²) in [5.74, 6) is 1.61. The molecule has 0 bridgehead atoms. The van der Waals surface area contributed by atoms with Crippen molar-refractivity contribution in [3.63, 3.8) is 0 Å². The van der Waals surface area contributed by atoms with Gasteiger partial charge in [-0.15, -0.1) is 0 Å². The van der Waals surface area contributed by atoms with Crippen LogP contribution in [0.15, 0.2) is 47.5 Å². The summed E-state index contributed by atoms with van der Waals surface area (Å²) in [7, 11) is 0. The van der Waals surface area contributed by atoms with Crippen LogP contribution in [-0.2, 0) is 6.42 Å². The number of nitrogen functional groups attached to an aromatic ring is 1. The fourth-order valence-electron chi connectivity index (χ4n) is 2.49. The molecular formula is C18H21N3O. The first kappa shape index (κ1) is 14.4. The molecule has 1 heterocycles. The molecule has 3 rings (SSSR count). The number of rotatable bonds is 3. The summed E-state index contributed by atoms with van der Waals surface area (Å²) in [5.41, 5.74) is 9.63. The summed E-state index contributed by atoms with van der Waals surface area (Å²) in [5, 5.41) is 3.38. The molecule has 4 nitrogen and oxygen atoms in total. The molecule has 1 unspecified atom stereocenters. The third kappa shape index (κ3) is 2.91. The lowest BCUT2D eigenvalue weighted by atomic mass is 10.1. The molecule has 0 fully saturated rings. The van der Waals surface area contributed by atoms with Gasteiger partial charge in [-0.1, -0.05) is 26.0 Å². The maximum atomic E-state index is 6.02. The van der Waals surface area contributed by atoms with E-state index in [1.807, 2.05) is 18.2 Å². The molecule has 3 N–H and O–H groups in total. The van der Waals surface area contributed by atoms with Gasteiger partial charge in [0.25, 0.3) is 0 Å². The van der Waals surface area contributed by atoms with Crippen molar-refractivity contribution in [2.45, 2.75) is 32.8 Å². The quantitative estimate of drug-likeness (QED) is 0.836. The average Bonchev–Trinajstić information content (AvgIpc) is 2.55. The first-order valence-corrected chi connectivity index (χ1v) is 7.70. The van der Waals surface area contributed by atoms with Crippen LogP contribution in [0.2, 0.25) is 0 Å². The van der Waals surface area contributed by atoms with Crippen molar-refractivity contribution in [2.24, 2.45) is 4.99 Å². The van der Waals surface area contributed by atoms with Gasteiger partial charge in [-0.25, -0.2) is 4.99 Å². The van der Waals surface area contributed by atoms with Gasteiger partial charge < -0.3 is 15.8 Å². The number of benzene rings is 2. The highest BCUT2D eigenvalue weighted by molar-refractivity contribution is 6.02. The summed E-state index contributed by atoms with van der Waals surface area (Å²) >= 11 is 0. The highest BCUT2D eigenvalue weighted by Gasteiger charge is 2.23. The van der Waals surface area contributed by atoms with Crippen LogP contribution >= 0.6 is 0 Å². The van der Waals surface area contributed by atoms with Crippen molar-refractivity contribution < 1.29 is 4.74 Å². The van der Waals surface area contributed by atoms with E-state index < -0.39 is 0 Å². The Morgan fingerprint density at radius 3 is 2.59 bits per heavy atom. The summed E-state index contributed by atoms with van der Waals surface area (Å²) in [6.45, 7) is 4.24. The third-order valence-electron chi connectivity index (χ3n) is 3.80. The molecule has 4 heteroatoms. The lowest BCUT2D eigenvalue weighted by molar-refractivity contribution is 0.259. The van der Waals surface area contributed by atoms with Crippen LogP contribution in [0.5, 0.6) is 5.75 Å². The van der Waals surface area contributed by atoms with Crippen molar-refractivity contribution in [1.82, 2.24) is 0 Å². The Balaban J connectivity index is 1.89. The molecule has 0 aromatic heterocycles. The second kappa shape index (κ2) is 6.10. The molecule has 0 saturated heterocycles. The van der Waals surface area contributed by atoms with Crippen LogP contribution in [0.3, 0.4) is 0 Å². The minimum absolute atomic E-state index is 0.0676. The maximum absolute atomic E-state index is 6.02. The van der Waals surface area contributed by atoms with E-state index in [-0.39, 0.29) is 6.10 Å². The SMILES string of the molecule is CCc1ccc(NC2=Nc3cc(N)ccc3OC2CC)cc1. The van der Waals surface area contributed by atoms with Crippen LogP contribution in [0.1, 0.15) is 25.8 Å². The zero-order valence-corrected chi connectivity index (χ0v) is 13.0. The van der Waals surface area contributed by atoms with Crippen molar-refractivity contribution in [2.75, 3.05) is 11.1 Å². The van der Waals surface area contributed by atoms with Gasteiger partial charge >= 0.3 is 0 Å². The lowest BCUT2D eigenvalue weighted by Gasteiger charge is -2.26. The number of nitrogens with zero attached hydrogens (tertiary/aromatic N) is 1. The van der Waals surface area contributed by atoms with E-state index in [4.69, 9.17) is 15.5 Å². The fourth-order valence-corrected chi connectivity index (χ4v) is 2.49. The van der Waals surface area contributed by atoms with Gasteiger partial charge in [0.15, 0.2) is 6.10 Å². The number of ether oxygens (including phenoxy) is 1. The largest absolute Gasteiger partial charge is 0.480 e. The number of fused-ring (bicyclic) bond motifs is 1. The lowest BCUT2D eigenvalue weighted by Crippen LogP contribution is -2.34. The molecule has 22 heavy (non-hydrogen) atoms. The number of nitrogens with two attached hydrogens (primary N) is 1. The van der Waals surface area contributed by atoms with Gasteiger partial charge in [-0.05, 0) is 48.7 Å². The van der Waals surface area contributed by atoms with Gasteiger partial charge in [0.1, 0.15) is 17.3 Å². The first-order valence-electron chi connectivity index (χ1n) is 7.70. The number of hydrogen-bond acceptors (Lipinski definition) is 4. The second-order valence-electron chi connectivity index (χ2n) is 5.41. The number of aliphatic imine (C=N–C) groups is 1. The van der Waals surface area contributed by atoms with E-state index >= 15 is 0 Å². The van der Waals surface area contributed by atoms with Crippen molar-refractivity contribution in [1.29, 1.82) is 0 Å². The predicted octanol–water partition coefficient (Wildman–Crippen LogP) is 4.14. The highest BCUT2D eigenvalue weighted by Crippen LogP contribution is 2.35. The van der Waals surface area contributed by atoms with Gasteiger partial charge in [-0.3, -0.25) is 0 Å². The Morgan fingerprint density at radius 1 is 1.14 bits per heavy atom. The van der Waals surface area contributed by atoms with Crippen LogP contribution < -0.4 is 15.8 Å². The van der Waals surface area contributed by atoms with Crippen LogP contribution in [0.4, 0.5) is 17.1 Å². The normalized spacial score (nSPS) is 16.5. The number of amidine groups is 1. The van der Waals surface area contributed by atoms with Crippen molar-refractivity contribution in [3.05, 3.63) is 48.0 Å². The van der Waals surface area contributed by atoms with Gasteiger partial charge in [0.05, 0.1) is 0 Å². The second-order valence-corrected chi connectivity index (χ2v) is 5.41. The van der Waals surface area contributed by atoms with E-state index in [9.17, 15) is 0 Å². The molecule has 0 spiro atoms. The van der Waals surface area contributed by atoms with Crippen LogP contribution in [0, 0.1) is 0 Å². The Kier molecular flexibility index (Phi) is 4.00. The van der Waals surface area contributed by atoms with Crippen LogP contribution in [0.25, 0.3) is 0 Å². The highest BCUT2D eigenvalue weighted by atomic mass is 16.5. The molecule has 114 valence electrons. The smallest absolute Gasteiger partial charge is 0.156 e. The van der Waals surface area contributed by atoms with E-state index in [0.29, 0.717) is 5.69 Å². The topological polar surface area (TPSA) is 59.6 Å². The van der Waals surface area contributed by atoms with E-state index in [1.54, 1.807) is 0 Å². The molecule has 2 aromatic rings. The minimum Gasteiger partial charge on any atom is -0.480 e. The standard InChI is InChI=1S/C18H21N3O/c1-3-12-5-8-14(9-6-12)20-18-16(4-2)22-17-10-7-13(19)11-15(17)21-18/h5-11,16H,3-4,19H2,1-2H3,(H,20,21). The molecule has 0 aliphatic carbocycles. The number of anilines is 2. The third-order valence-corrected chi connectivity index (χ3v) is 3.80. The number of nitrogens with one attached hydrogen (secondary N) is 1. The summed E-state index contributed by atoms with van der Waals surface area (Å²) < 4.78 is 6.02. The number of aryl methyl sites for hydroxylation is 1. The van der Waals surface area contributed by atoms with E-state index in [1.165, 1.54) is 5.56 Å². The predicted molar refractivity (Wildman–Crippen MR) is 92.1 cm³/mol. The zero-order chi connectivity index (χ0) is 15.5. The molecule has 0 radical (unpaired) electrons. The molecule has 1 aliphatic rings. The average molecular weight is 295 g/mol. The summed E-state index contributed by atoms with van der Waals surface area (Å²) in [6, 6.07) is 13.9. The summed E-state index contributed by atoms with van der Waals surface area (Å²) in [4.78, 5) is 4.70. The molecule has 1 aliphatic heterocycles. The van der Waals surface area contributed by atoms with Gasteiger partial charge in [0.2, 0.25) is 0 Å². The number of hydrogen-bond donors (Lipinski definition) is 2. The minimum atomic E-state index is -0.0676. The van der Waals surface area contributed by atoms with Gasteiger partial charge in [-0.2, -0.15) is 0 Å².